The molecule has 3 aromatic rings. The Morgan fingerprint density at radius 3 is 2.52 bits per heavy atom. The van der Waals surface area contributed by atoms with Crippen LogP contribution in [0.1, 0.15) is 12.0 Å². The number of nitrogens with zero attached hydrogens (tertiary/aromatic N) is 2. The molecule has 1 fully saturated rings. The quantitative estimate of drug-likeness (QED) is 0.358. The third-order valence-corrected chi connectivity index (χ3v) is 6.44. The van der Waals surface area contributed by atoms with Crippen molar-refractivity contribution in [2.24, 2.45) is 5.92 Å². The molecule has 1 heterocycles. The van der Waals surface area contributed by atoms with Crippen molar-refractivity contribution in [3.8, 4) is 0 Å². The number of para-hydroxylation sites is 1. The summed E-state index contributed by atoms with van der Waals surface area (Å²) in [4.78, 5) is 17.7. The molecule has 128 valence electrons. The van der Waals surface area contributed by atoms with E-state index in [-0.39, 0.29) is 11.5 Å². The van der Waals surface area contributed by atoms with E-state index in [1.165, 1.54) is 0 Å². The maximum atomic E-state index is 13.0. The van der Waals surface area contributed by atoms with Crippen LogP contribution in [0.4, 0.5) is 0 Å². The number of fused-ring (bicyclic) bond motifs is 1. The van der Waals surface area contributed by atoms with Gasteiger partial charge in [0.1, 0.15) is 4.33 Å². The lowest BCUT2D eigenvalue weighted by atomic mass is 10.2. The van der Waals surface area contributed by atoms with Gasteiger partial charge in [0.2, 0.25) is 0 Å². The van der Waals surface area contributed by atoms with E-state index < -0.39 is 4.33 Å². The van der Waals surface area contributed by atoms with Gasteiger partial charge in [-0.1, -0.05) is 54.2 Å². The predicted octanol–water partition coefficient (Wildman–Crippen LogP) is 4.73. The Balaban J connectivity index is 1.73. The van der Waals surface area contributed by atoms with E-state index in [4.69, 9.17) is 28.2 Å². The fourth-order valence-electron chi connectivity index (χ4n) is 2.79. The van der Waals surface area contributed by atoms with Crippen molar-refractivity contribution in [2.75, 3.05) is 5.75 Å². The second kappa shape index (κ2) is 6.67. The van der Waals surface area contributed by atoms with E-state index in [2.05, 4.69) is 0 Å². The van der Waals surface area contributed by atoms with E-state index in [1.807, 2.05) is 54.6 Å². The van der Waals surface area contributed by atoms with Crippen LogP contribution >= 0.6 is 35.0 Å². The average molecular weight is 391 g/mol. The van der Waals surface area contributed by atoms with E-state index in [0.29, 0.717) is 17.1 Å². The zero-order valence-electron chi connectivity index (χ0n) is 13.4. The molecule has 1 aromatic heterocycles. The van der Waals surface area contributed by atoms with Crippen molar-refractivity contribution < 1.29 is 0 Å². The standard InChI is InChI=1S/C19H16Cl2N2OS/c20-19(21)10-14(19)12-25-18-22-16-9-5-4-8-15(16)17(24)23(18)11-13-6-2-1-3-7-13/h1-9,14H,10-12H2/t14-/m1/s1. The monoisotopic (exact) mass is 390 g/mol. The summed E-state index contributed by atoms with van der Waals surface area (Å²) in [6.07, 6.45) is 0.791. The molecule has 0 radical (unpaired) electrons. The van der Waals surface area contributed by atoms with E-state index in [1.54, 1.807) is 16.3 Å². The highest BCUT2D eigenvalue weighted by Crippen LogP contribution is 2.54. The van der Waals surface area contributed by atoms with Crippen LogP contribution in [0.25, 0.3) is 10.9 Å². The van der Waals surface area contributed by atoms with Crippen molar-refractivity contribution in [2.45, 2.75) is 22.5 Å². The number of hydrogen-bond donors (Lipinski definition) is 0. The summed E-state index contributed by atoms with van der Waals surface area (Å²) >= 11 is 13.8. The fourth-order valence-corrected chi connectivity index (χ4v) is 4.72. The molecule has 6 heteroatoms. The SMILES string of the molecule is O=c1c2ccccc2nc(SC[C@H]2CC2(Cl)Cl)n1Cc1ccccc1. The van der Waals surface area contributed by atoms with Gasteiger partial charge in [-0.15, -0.1) is 23.2 Å². The second-order valence-corrected chi connectivity index (χ2v) is 8.79. The van der Waals surface area contributed by atoms with Crippen molar-refractivity contribution in [3.63, 3.8) is 0 Å². The lowest BCUT2D eigenvalue weighted by Gasteiger charge is -2.13. The molecule has 1 aliphatic rings. The van der Waals surface area contributed by atoms with E-state index in [9.17, 15) is 4.79 Å². The molecule has 0 spiro atoms. The van der Waals surface area contributed by atoms with Crippen molar-refractivity contribution in [1.29, 1.82) is 0 Å². The molecule has 0 amide bonds. The third-order valence-electron chi connectivity index (χ3n) is 4.38. The van der Waals surface area contributed by atoms with Gasteiger partial charge in [-0.25, -0.2) is 4.98 Å². The Morgan fingerprint density at radius 2 is 1.80 bits per heavy atom. The lowest BCUT2D eigenvalue weighted by molar-refractivity contribution is 0.657. The molecule has 1 saturated carbocycles. The largest absolute Gasteiger partial charge is 0.283 e. The summed E-state index contributed by atoms with van der Waals surface area (Å²) in [6, 6.07) is 17.4. The normalized spacial score (nSPS) is 18.4. The first-order valence-electron chi connectivity index (χ1n) is 8.09. The molecule has 0 N–H and O–H groups in total. The van der Waals surface area contributed by atoms with Crippen LogP contribution in [0, 0.1) is 5.92 Å². The molecule has 0 saturated heterocycles. The summed E-state index contributed by atoms with van der Waals surface area (Å²) in [5, 5.41) is 1.35. The number of thioether (sulfide) groups is 1. The Morgan fingerprint density at radius 1 is 1.12 bits per heavy atom. The smallest absolute Gasteiger partial charge is 0.262 e. The summed E-state index contributed by atoms with van der Waals surface area (Å²) in [7, 11) is 0. The van der Waals surface area contributed by atoms with Crippen LogP contribution in [-0.2, 0) is 6.54 Å². The van der Waals surface area contributed by atoms with Gasteiger partial charge in [0, 0.05) is 11.7 Å². The third kappa shape index (κ3) is 3.57. The topological polar surface area (TPSA) is 34.9 Å². The summed E-state index contributed by atoms with van der Waals surface area (Å²) in [5.41, 5.74) is 1.77. The molecule has 0 unspecified atom stereocenters. The first kappa shape index (κ1) is 17.0. The lowest BCUT2D eigenvalue weighted by Crippen LogP contribution is -2.24. The maximum Gasteiger partial charge on any atom is 0.262 e. The van der Waals surface area contributed by atoms with Gasteiger partial charge in [-0.3, -0.25) is 9.36 Å². The number of benzene rings is 2. The molecule has 0 bridgehead atoms. The molecule has 4 rings (SSSR count). The highest BCUT2D eigenvalue weighted by molar-refractivity contribution is 7.99. The first-order chi connectivity index (χ1) is 12.0. The Labute approximate surface area is 160 Å². The van der Waals surface area contributed by atoms with Crippen LogP contribution < -0.4 is 5.56 Å². The van der Waals surface area contributed by atoms with Gasteiger partial charge in [-0.2, -0.15) is 0 Å². The molecule has 25 heavy (non-hydrogen) atoms. The number of aromatic nitrogens is 2. The highest BCUT2D eigenvalue weighted by Gasteiger charge is 2.51. The molecular formula is C19H16Cl2N2OS. The Bertz CT molecular complexity index is 972. The van der Waals surface area contributed by atoms with Crippen LogP contribution in [-0.4, -0.2) is 19.6 Å². The molecule has 1 aliphatic carbocycles. The highest BCUT2D eigenvalue weighted by atomic mass is 35.5. The van der Waals surface area contributed by atoms with Gasteiger partial charge in [0.15, 0.2) is 5.16 Å². The summed E-state index contributed by atoms with van der Waals surface area (Å²) in [6.45, 7) is 0.497. The van der Waals surface area contributed by atoms with Crippen molar-refractivity contribution >= 4 is 45.9 Å². The minimum absolute atomic E-state index is 0.0178. The predicted molar refractivity (Wildman–Crippen MR) is 105 cm³/mol. The molecule has 2 aromatic carbocycles. The number of hydrogen-bond acceptors (Lipinski definition) is 3. The van der Waals surface area contributed by atoms with Gasteiger partial charge < -0.3 is 0 Å². The maximum absolute atomic E-state index is 13.0. The average Bonchev–Trinajstić information content (AvgIpc) is 3.23. The number of rotatable bonds is 5. The van der Waals surface area contributed by atoms with Crippen LogP contribution in [0.15, 0.2) is 64.5 Å². The van der Waals surface area contributed by atoms with E-state index in [0.717, 1.165) is 23.3 Å². The van der Waals surface area contributed by atoms with Gasteiger partial charge in [-0.05, 0) is 24.1 Å². The zero-order chi connectivity index (χ0) is 17.4. The summed E-state index contributed by atoms with van der Waals surface area (Å²) < 4.78 is 1.13. The van der Waals surface area contributed by atoms with E-state index >= 15 is 0 Å². The summed E-state index contributed by atoms with van der Waals surface area (Å²) in [5.74, 6) is 1.00. The minimum Gasteiger partial charge on any atom is -0.283 e. The molecular weight excluding hydrogens is 375 g/mol. The van der Waals surface area contributed by atoms with Crippen molar-refractivity contribution in [3.05, 3.63) is 70.5 Å². The second-order valence-electron chi connectivity index (χ2n) is 6.26. The first-order valence-corrected chi connectivity index (χ1v) is 9.83. The Kier molecular flexibility index (Phi) is 4.52. The molecule has 0 aliphatic heterocycles. The fraction of sp³-hybridized carbons (Fsp3) is 0.263. The van der Waals surface area contributed by atoms with Crippen LogP contribution in [0.5, 0.6) is 0 Å². The Hall–Kier alpha value is -1.49. The molecule has 3 nitrogen and oxygen atoms in total. The van der Waals surface area contributed by atoms with Gasteiger partial charge >= 0.3 is 0 Å². The van der Waals surface area contributed by atoms with Crippen LogP contribution in [0.2, 0.25) is 0 Å². The van der Waals surface area contributed by atoms with Crippen LogP contribution in [0.3, 0.4) is 0 Å². The van der Waals surface area contributed by atoms with Crippen molar-refractivity contribution in [1.82, 2.24) is 9.55 Å². The zero-order valence-corrected chi connectivity index (χ0v) is 15.7. The number of halogens is 2. The van der Waals surface area contributed by atoms with Gasteiger partial charge in [0.25, 0.3) is 5.56 Å². The van der Waals surface area contributed by atoms with Gasteiger partial charge in [0.05, 0.1) is 17.4 Å². The minimum atomic E-state index is -0.617. The number of alkyl halides is 2. The molecule has 1 atom stereocenters.